The molecule has 0 radical (unpaired) electrons. The molecule has 0 saturated carbocycles. The van der Waals surface area contributed by atoms with Crippen molar-refractivity contribution in [1.82, 2.24) is 4.90 Å². The number of hydrogen-bond donors (Lipinski definition) is 2. The van der Waals surface area contributed by atoms with Crippen molar-refractivity contribution in [2.45, 2.75) is 31.1 Å². The number of carbonyl (C=O) groups excluding carboxylic acids is 2. The van der Waals surface area contributed by atoms with Gasteiger partial charge < -0.3 is 16.4 Å². The van der Waals surface area contributed by atoms with Gasteiger partial charge in [0.25, 0.3) is 0 Å². The molecular formula is C28H31N3O2. The number of nitrogens with two attached hydrogens (primary N) is 2. The minimum atomic E-state index is -0.971. The summed E-state index contributed by atoms with van der Waals surface area (Å²) < 4.78 is 0. The third-order valence-corrected chi connectivity index (χ3v) is 6.84. The predicted octanol–water partition coefficient (Wildman–Crippen LogP) is 3.91. The summed E-state index contributed by atoms with van der Waals surface area (Å²) >= 11 is 0. The first-order valence-electron chi connectivity index (χ1n) is 11.5. The number of carbonyl (C=O) groups is 2. The maximum Gasteiger partial charge on any atom is 0.232 e. The zero-order valence-corrected chi connectivity index (χ0v) is 18.8. The smallest absolute Gasteiger partial charge is 0.232 e. The topological polar surface area (TPSA) is 89.4 Å². The number of nitrogens with zero attached hydrogens (tertiary/aromatic N) is 1. The van der Waals surface area contributed by atoms with Crippen LogP contribution in [0.2, 0.25) is 0 Å². The Labute approximate surface area is 195 Å². The second-order valence-corrected chi connectivity index (χ2v) is 8.82. The predicted molar refractivity (Wildman–Crippen MR) is 131 cm³/mol. The summed E-state index contributed by atoms with van der Waals surface area (Å²) in [7, 11) is 0. The second kappa shape index (κ2) is 9.90. The first kappa shape index (κ1) is 22.6. The lowest BCUT2D eigenvalue weighted by Gasteiger charge is -2.37. The van der Waals surface area contributed by atoms with Crippen LogP contribution in [0.4, 0.5) is 5.69 Å². The van der Waals surface area contributed by atoms with Crippen molar-refractivity contribution >= 4 is 17.5 Å². The van der Waals surface area contributed by atoms with Gasteiger partial charge in [0.15, 0.2) is 0 Å². The van der Waals surface area contributed by atoms with E-state index >= 15 is 0 Å². The van der Waals surface area contributed by atoms with E-state index in [1.54, 1.807) is 0 Å². The molecule has 0 aliphatic carbocycles. The quantitative estimate of drug-likeness (QED) is 0.520. The Balaban J connectivity index is 1.51. The summed E-state index contributed by atoms with van der Waals surface area (Å²) in [6, 6.07) is 27.3. The molecule has 33 heavy (non-hydrogen) atoms. The van der Waals surface area contributed by atoms with Crippen molar-refractivity contribution in [1.29, 1.82) is 0 Å². The summed E-state index contributed by atoms with van der Waals surface area (Å²) in [5.74, 6) is -0.323. The highest BCUT2D eigenvalue weighted by molar-refractivity contribution is 5.91. The molecule has 3 aromatic rings. The molecule has 0 aromatic heterocycles. The molecule has 4 rings (SSSR count). The Morgan fingerprint density at radius 1 is 0.879 bits per heavy atom. The Bertz CT molecular complexity index is 1040. The second-order valence-electron chi connectivity index (χ2n) is 8.82. The average Bonchev–Trinajstić information content (AvgIpc) is 3.32. The highest BCUT2D eigenvalue weighted by Crippen LogP contribution is 2.43. The fourth-order valence-corrected chi connectivity index (χ4v) is 5.15. The van der Waals surface area contributed by atoms with Crippen molar-refractivity contribution in [2.24, 2.45) is 11.7 Å². The van der Waals surface area contributed by atoms with Crippen LogP contribution in [0.1, 0.15) is 36.0 Å². The van der Waals surface area contributed by atoms with Gasteiger partial charge >= 0.3 is 0 Å². The monoisotopic (exact) mass is 441 g/mol. The van der Waals surface area contributed by atoms with Crippen LogP contribution in [0.15, 0.2) is 84.9 Å². The van der Waals surface area contributed by atoms with Crippen LogP contribution in [0.5, 0.6) is 0 Å². The minimum Gasteiger partial charge on any atom is -0.399 e. The van der Waals surface area contributed by atoms with Crippen LogP contribution in [-0.2, 0) is 21.4 Å². The molecule has 1 fully saturated rings. The molecule has 170 valence electrons. The maximum absolute atomic E-state index is 13.1. The van der Waals surface area contributed by atoms with Crippen molar-refractivity contribution in [3.8, 4) is 0 Å². The average molecular weight is 442 g/mol. The van der Waals surface area contributed by atoms with E-state index in [0.29, 0.717) is 19.5 Å². The summed E-state index contributed by atoms with van der Waals surface area (Å²) in [6.07, 6.45) is 2.83. The summed E-state index contributed by atoms with van der Waals surface area (Å²) in [6.45, 7) is 1.16. The van der Waals surface area contributed by atoms with Crippen molar-refractivity contribution in [2.75, 3.05) is 18.8 Å². The molecule has 5 nitrogen and oxygen atoms in total. The number of rotatable bonds is 8. The van der Waals surface area contributed by atoms with E-state index in [0.717, 1.165) is 36.1 Å². The standard InChI is InChI=1S/C28H31N3O2/c29-25-16-14-21(15-17-25)8-7-13-26(32)31-19-18-24(20-31)28(27(30)33,22-9-3-1-4-10-22)23-11-5-2-6-12-23/h1-6,9-12,14-17,24H,7-8,13,18-20,29H2,(H2,30,33). The number of hydrogen-bond acceptors (Lipinski definition) is 3. The van der Waals surface area contributed by atoms with Gasteiger partial charge in [0.05, 0.1) is 0 Å². The molecule has 1 heterocycles. The van der Waals surface area contributed by atoms with Crippen LogP contribution in [0, 0.1) is 5.92 Å². The zero-order valence-electron chi connectivity index (χ0n) is 18.8. The number of amides is 2. The molecule has 1 aliphatic heterocycles. The number of benzene rings is 3. The van der Waals surface area contributed by atoms with Gasteiger partial charge in [0.2, 0.25) is 11.8 Å². The summed E-state index contributed by atoms with van der Waals surface area (Å²) in [5, 5.41) is 0. The van der Waals surface area contributed by atoms with Gasteiger partial charge in [0, 0.05) is 31.1 Å². The SMILES string of the molecule is NC(=O)C(c1ccccc1)(c1ccccc1)C1CCN(C(=O)CCCc2ccc(N)cc2)C1. The molecule has 3 aromatic carbocycles. The lowest BCUT2D eigenvalue weighted by molar-refractivity contribution is -0.131. The molecular weight excluding hydrogens is 410 g/mol. The van der Waals surface area contributed by atoms with E-state index in [1.807, 2.05) is 89.8 Å². The van der Waals surface area contributed by atoms with Crippen LogP contribution >= 0.6 is 0 Å². The molecule has 1 unspecified atom stereocenters. The lowest BCUT2D eigenvalue weighted by Crippen LogP contribution is -2.49. The first-order chi connectivity index (χ1) is 16.0. The Hall–Kier alpha value is -3.60. The van der Waals surface area contributed by atoms with E-state index in [1.165, 1.54) is 5.56 Å². The Morgan fingerprint density at radius 3 is 2.00 bits per heavy atom. The number of nitrogen functional groups attached to an aromatic ring is 1. The molecule has 4 N–H and O–H groups in total. The minimum absolute atomic E-state index is 0.0825. The molecule has 2 amide bonds. The van der Waals surface area contributed by atoms with E-state index in [-0.39, 0.29) is 17.7 Å². The van der Waals surface area contributed by atoms with Crippen LogP contribution in [-0.4, -0.2) is 29.8 Å². The van der Waals surface area contributed by atoms with Gasteiger partial charge in [-0.3, -0.25) is 9.59 Å². The Kier molecular flexibility index (Phi) is 6.78. The summed E-state index contributed by atoms with van der Waals surface area (Å²) in [4.78, 5) is 28.0. The van der Waals surface area contributed by atoms with Crippen molar-refractivity contribution in [3.63, 3.8) is 0 Å². The van der Waals surface area contributed by atoms with Crippen molar-refractivity contribution < 1.29 is 9.59 Å². The molecule has 1 aliphatic rings. The van der Waals surface area contributed by atoms with E-state index < -0.39 is 5.41 Å². The van der Waals surface area contributed by atoms with Crippen LogP contribution < -0.4 is 11.5 Å². The largest absolute Gasteiger partial charge is 0.399 e. The molecule has 0 bridgehead atoms. The fraction of sp³-hybridized carbons (Fsp3) is 0.286. The van der Waals surface area contributed by atoms with Gasteiger partial charge in [-0.2, -0.15) is 0 Å². The molecule has 0 spiro atoms. The highest BCUT2D eigenvalue weighted by Gasteiger charge is 2.50. The van der Waals surface area contributed by atoms with E-state index in [4.69, 9.17) is 11.5 Å². The molecule has 5 heteroatoms. The van der Waals surface area contributed by atoms with Crippen molar-refractivity contribution in [3.05, 3.63) is 102 Å². The number of primary amides is 1. The highest BCUT2D eigenvalue weighted by atomic mass is 16.2. The third-order valence-electron chi connectivity index (χ3n) is 6.84. The van der Waals surface area contributed by atoms with Gasteiger partial charge in [-0.05, 0) is 48.1 Å². The number of anilines is 1. The van der Waals surface area contributed by atoms with Gasteiger partial charge in [0.1, 0.15) is 5.41 Å². The normalized spacial score (nSPS) is 16.0. The van der Waals surface area contributed by atoms with Gasteiger partial charge in [-0.25, -0.2) is 0 Å². The maximum atomic E-state index is 13.1. The van der Waals surface area contributed by atoms with Gasteiger partial charge in [-0.1, -0.05) is 72.8 Å². The molecule has 1 saturated heterocycles. The summed E-state index contributed by atoms with van der Waals surface area (Å²) in [5.41, 5.74) is 14.6. The van der Waals surface area contributed by atoms with Crippen LogP contribution in [0.3, 0.4) is 0 Å². The number of likely N-dealkylation sites (tertiary alicyclic amines) is 1. The van der Waals surface area contributed by atoms with E-state index in [2.05, 4.69) is 0 Å². The van der Waals surface area contributed by atoms with E-state index in [9.17, 15) is 9.59 Å². The Morgan fingerprint density at radius 2 is 1.45 bits per heavy atom. The first-order valence-corrected chi connectivity index (χ1v) is 11.5. The molecule has 1 atom stereocenters. The zero-order chi connectivity index (χ0) is 23.3. The number of aryl methyl sites for hydroxylation is 1. The third kappa shape index (κ3) is 4.63. The van der Waals surface area contributed by atoms with Crippen LogP contribution in [0.25, 0.3) is 0 Å². The van der Waals surface area contributed by atoms with Gasteiger partial charge in [-0.15, -0.1) is 0 Å². The fourth-order valence-electron chi connectivity index (χ4n) is 5.15. The lowest BCUT2D eigenvalue weighted by atomic mass is 9.64.